The van der Waals surface area contributed by atoms with Crippen LogP contribution in [0, 0.1) is 5.82 Å². The van der Waals surface area contributed by atoms with Crippen LogP contribution in [-0.4, -0.2) is 40.0 Å². The molecule has 3 nitrogen and oxygen atoms in total. The summed E-state index contributed by atoms with van der Waals surface area (Å²) >= 11 is 0. The molecule has 0 saturated carbocycles. The van der Waals surface area contributed by atoms with Crippen LogP contribution in [0.5, 0.6) is 0 Å². The smallest absolute Gasteiger partial charge is 0.126 e. The molecular formula is C17H28FNO2. The molecule has 0 spiro atoms. The van der Waals surface area contributed by atoms with E-state index >= 15 is 0 Å². The summed E-state index contributed by atoms with van der Waals surface area (Å²) in [4.78, 5) is 0. The molecule has 0 amide bonds. The van der Waals surface area contributed by atoms with Crippen molar-refractivity contribution in [3.63, 3.8) is 0 Å². The van der Waals surface area contributed by atoms with Crippen LogP contribution in [0.2, 0.25) is 0 Å². The molecule has 0 radical (unpaired) electrons. The van der Waals surface area contributed by atoms with Crippen molar-refractivity contribution in [2.45, 2.75) is 32.1 Å². The zero-order chi connectivity index (χ0) is 15.3. The average molecular weight is 297 g/mol. The van der Waals surface area contributed by atoms with Crippen LogP contribution in [0.1, 0.15) is 37.7 Å². The van der Waals surface area contributed by atoms with Crippen molar-refractivity contribution in [2.75, 3.05) is 40.0 Å². The normalized spacial score (nSPS) is 12.5. The third-order valence-electron chi connectivity index (χ3n) is 3.44. The molecule has 1 rings (SSSR count). The van der Waals surface area contributed by atoms with E-state index in [1.165, 1.54) is 6.07 Å². The number of benzene rings is 1. The Balaban J connectivity index is 2.43. The highest BCUT2D eigenvalue weighted by molar-refractivity contribution is 5.22. The van der Waals surface area contributed by atoms with Crippen LogP contribution in [0.4, 0.5) is 4.39 Å². The molecule has 21 heavy (non-hydrogen) atoms. The predicted molar refractivity (Wildman–Crippen MR) is 84.2 cm³/mol. The summed E-state index contributed by atoms with van der Waals surface area (Å²) in [5.74, 6) is 0.0878. The van der Waals surface area contributed by atoms with Gasteiger partial charge in [-0.25, -0.2) is 4.39 Å². The summed E-state index contributed by atoms with van der Waals surface area (Å²) in [6, 6.07) is 7.07. The first-order chi connectivity index (χ1) is 10.3. The Bertz CT molecular complexity index is 374. The minimum absolute atomic E-state index is 0.110. The van der Waals surface area contributed by atoms with Gasteiger partial charge in [-0.1, -0.05) is 25.1 Å². The summed E-state index contributed by atoms with van der Waals surface area (Å²) in [5, 5.41) is 3.39. The molecule has 0 heterocycles. The van der Waals surface area contributed by atoms with Gasteiger partial charge in [0.05, 0.1) is 13.2 Å². The summed E-state index contributed by atoms with van der Waals surface area (Å²) in [6.45, 7) is 5.85. The molecule has 4 heteroatoms. The van der Waals surface area contributed by atoms with Crippen molar-refractivity contribution >= 4 is 0 Å². The van der Waals surface area contributed by atoms with E-state index in [-0.39, 0.29) is 11.7 Å². The third kappa shape index (κ3) is 7.55. The van der Waals surface area contributed by atoms with Gasteiger partial charge in [-0.15, -0.1) is 0 Å². The Morgan fingerprint density at radius 1 is 1.19 bits per heavy atom. The van der Waals surface area contributed by atoms with Gasteiger partial charge in [-0.05, 0) is 43.4 Å². The van der Waals surface area contributed by atoms with Crippen molar-refractivity contribution in [1.82, 2.24) is 5.32 Å². The van der Waals surface area contributed by atoms with Crippen molar-refractivity contribution in [1.29, 1.82) is 0 Å². The fraction of sp³-hybridized carbons (Fsp3) is 0.647. The second-order valence-electron chi connectivity index (χ2n) is 5.17. The first-order valence-corrected chi connectivity index (χ1v) is 7.81. The highest BCUT2D eigenvalue weighted by Gasteiger charge is 2.14. The summed E-state index contributed by atoms with van der Waals surface area (Å²) in [7, 11) is 1.66. The average Bonchev–Trinajstić information content (AvgIpc) is 2.50. The number of ether oxygens (including phenoxy) is 2. The number of hydrogen-bond donors (Lipinski definition) is 1. The molecule has 1 aromatic rings. The minimum atomic E-state index is -0.110. The van der Waals surface area contributed by atoms with E-state index in [0.717, 1.165) is 37.9 Å². The molecule has 0 bridgehead atoms. The second-order valence-corrected chi connectivity index (χ2v) is 5.17. The maximum absolute atomic E-state index is 13.9. The maximum atomic E-state index is 13.9. The first kappa shape index (κ1) is 18.1. The van der Waals surface area contributed by atoms with Crippen molar-refractivity contribution in [2.24, 2.45) is 0 Å². The highest BCUT2D eigenvalue weighted by Crippen LogP contribution is 2.23. The van der Waals surface area contributed by atoms with Gasteiger partial charge in [0.1, 0.15) is 5.82 Å². The lowest BCUT2D eigenvalue weighted by molar-refractivity contribution is 0.0681. The predicted octanol–water partition coefficient (Wildman–Crippen LogP) is 3.35. The van der Waals surface area contributed by atoms with Gasteiger partial charge in [-0.2, -0.15) is 0 Å². The summed E-state index contributed by atoms with van der Waals surface area (Å²) in [5.41, 5.74) is 0.804. The number of nitrogens with one attached hydrogen (secondary N) is 1. The molecule has 1 aromatic carbocycles. The molecule has 1 N–H and O–H groups in total. The third-order valence-corrected chi connectivity index (χ3v) is 3.44. The molecule has 0 aliphatic carbocycles. The Kier molecular flexibility index (Phi) is 10.0. The molecule has 0 aliphatic rings. The van der Waals surface area contributed by atoms with Gasteiger partial charge in [0.25, 0.3) is 0 Å². The molecule has 0 aliphatic heterocycles. The van der Waals surface area contributed by atoms with Crippen LogP contribution < -0.4 is 5.32 Å². The molecule has 0 saturated heterocycles. The van der Waals surface area contributed by atoms with Gasteiger partial charge >= 0.3 is 0 Å². The van der Waals surface area contributed by atoms with Gasteiger partial charge in [0, 0.05) is 20.3 Å². The SMILES string of the molecule is CCCNCC(CCCOCCOC)c1ccccc1F. The van der Waals surface area contributed by atoms with E-state index in [9.17, 15) is 4.39 Å². The minimum Gasteiger partial charge on any atom is -0.382 e. The fourth-order valence-corrected chi connectivity index (χ4v) is 2.30. The number of rotatable bonds is 12. The van der Waals surface area contributed by atoms with E-state index in [0.29, 0.717) is 19.8 Å². The lowest BCUT2D eigenvalue weighted by Crippen LogP contribution is -2.23. The van der Waals surface area contributed by atoms with Crippen LogP contribution >= 0.6 is 0 Å². The second kappa shape index (κ2) is 11.7. The maximum Gasteiger partial charge on any atom is 0.126 e. The van der Waals surface area contributed by atoms with E-state index in [1.807, 2.05) is 12.1 Å². The van der Waals surface area contributed by atoms with Crippen LogP contribution in [0.15, 0.2) is 24.3 Å². The fourth-order valence-electron chi connectivity index (χ4n) is 2.30. The molecule has 120 valence electrons. The van der Waals surface area contributed by atoms with Gasteiger partial charge in [0.15, 0.2) is 0 Å². The quantitative estimate of drug-likeness (QED) is 0.600. The lowest BCUT2D eigenvalue weighted by atomic mass is 9.93. The zero-order valence-electron chi connectivity index (χ0n) is 13.2. The van der Waals surface area contributed by atoms with E-state index in [2.05, 4.69) is 12.2 Å². The van der Waals surface area contributed by atoms with Gasteiger partial charge in [-0.3, -0.25) is 0 Å². The van der Waals surface area contributed by atoms with Crippen molar-refractivity contribution in [3.8, 4) is 0 Å². The molecule has 1 atom stereocenters. The van der Waals surface area contributed by atoms with E-state index in [1.54, 1.807) is 13.2 Å². The summed E-state index contributed by atoms with van der Waals surface area (Å²) < 4.78 is 24.4. The number of methoxy groups -OCH3 is 1. The standard InChI is InChI=1S/C17H28FNO2/c1-3-10-19-14-15(7-6-11-21-13-12-20-2)16-8-4-5-9-17(16)18/h4-5,8-9,15,19H,3,6-7,10-14H2,1-2H3. The van der Waals surface area contributed by atoms with Gasteiger partial charge < -0.3 is 14.8 Å². The van der Waals surface area contributed by atoms with Crippen molar-refractivity contribution < 1.29 is 13.9 Å². The van der Waals surface area contributed by atoms with Crippen LogP contribution in [-0.2, 0) is 9.47 Å². The summed E-state index contributed by atoms with van der Waals surface area (Å²) in [6.07, 6.45) is 2.94. The largest absolute Gasteiger partial charge is 0.382 e. The Morgan fingerprint density at radius 2 is 2.00 bits per heavy atom. The molecule has 0 aromatic heterocycles. The Labute approximate surface area is 127 Å². The molecular weight excluding hydrogens is 269 g/mol. The Morgan fingerprint density at radius 3 is 2.71 bits per heavy atom. The lowest BCUT2D eigenvalue weighted by Gasteiger charge is -2.19. The Hall–Kier alpha value is -0.970. The molecule has 1 unspecified atom stereocenters. The van der Waals surface area contributed by atoms with Crippen molar-refractivity contribution in [3.05, 3.63) is 35.6 Å². The number of hydrogen-bond acceptors (Lipinski definition) is 3. The highest BCUT2D eigenvalue weighted by atomic mass is 19.1. The number of halogens is 1. The first-order valence-electron chi connectivity index (χ1n) is 7.81. The van der Waals surface area contributed by atoms with Crippen LogP contribution in [0.3, 0.4) is 0 Å². The van der Waals surface area contributed by atoms with E-state index in [4.69, 9.17) is 9.47 Å². The molecule has 0 fully saturated rings. The van der Waals surface area contributed by atoms with E-state index < -0.39 is 0 Å². The van der Waals surface area contributed by atoms with Crippen LogP contribution in [0.25, 0.3) is 0 Å². The topological polar surface area (TPSA) is 30.5 Å². The van der Waals surface area contributed by atoms with Gasteiger partial charge in [0.2, 0.25) is 0 Å². The monoisotopic (exact) mass is 297 g/mol. The zero-order valence-corrected chi connectivity index (χ0v) is 13.2.